The Hall–Kier alpha value is -4.03. The summed E-state index contributed by atoms with van der Waals surface area (Å²) in [7, 11) is 0. The van der Waals surface area contributed by atoms with Gasteiger partial charge in [-0.15, -0.1) is 0 Å². The van der Waals surface area contributed by atoms with Crippen molar-refractivity contribution in [3.05, 3.63) is 65.6 Å². The van der Waals surface area contributed by atoms with E-state index in [1.807, 2.05) is 19.1 Å². The highest BCUT2D eigenvalue weighted by Gasteiger charge is 2.39. The summed E-state index contributed by atoms with van der Waals surface area (Å²) < 4.78 is 36.6. The van der Waals surface area contributed by atoms with E-state index in [9.17, 15) is 23.5 Å². The van der Waals surface area contributed by atoms with E-state index < -0.39 is 12.0 Å². The molecule has 2 fully saturated rings. The van der Waals surface area contributed by atoms with Crippen LogP contribution in [0.15, 0.2) is 48.8 Å². The van der Waals surface area contributed by atoms with E-state index in [-0.39, 0.29) is 47.9 Å². The summed E-state index contributed by atoms with van der Waals surface area (Å²) in [6.45, 7) is 4.83. The summed E-state index contributed by atoms with van der Waals surface area (Å²) >= 11 is 0. The quantitative estimate of drug-likeness (QED) is 0.194. The number of rotatable bonds is 10. The van der Waals surface area contributed by atoms with Gasteiger partial charge in [-0.25, -0.2) is 18.7 Å². The molecule has 0 unspecified atom stereocenters. The van der Waals surface area contributed by atoms with E-state index in [2.05, 4.69) is 25.6 Å². The molecule has 5 rings (SSSR count). The van der Waals surface area contributed by atoms with Gasteiger partial charge < -0.3 is 25.2 Å². The molecule has 1 aliphatic carbocycles. The average Bonchev–Trinajstić information content (AvgIpc) is 3.05. The van der Waals surface area contributed by atoms with Crippen molar-refractivity contribution in [2.75, 3.05) is 25.2 Å². The lowest BCUT2D eigenvalue weighted by atomic mass is 9.73. The van der Waals surface area contributed by atoms with Gasteiger partial charge in [-0.1, -0.05) is 0 Å². The first-order chi connectivity index (χ1) is 21.6. The number of nitrogens with one attached hydrogen (secondary N) is 2. The van der Waals surface area contributed by atoms with Crippen LogP contribution in [0, 0.1) is 24.7 Å². The third-order valence-electron chi connectivity index (χ3n) is 8.77. The van der Waals surface area contributed by atoms with Crippen molar-refractivity contribution in [3.63, 3.8) is 0 Å². The van der Waals surface area contributed by atoms with Crippen molar-refractivity contribution in [1.29, 1.82) is 0 Å². The van der Waals surface area contributed by atoms with Crippen LogP contribution < -0.4 is 10.6 Å². The van der Waals surface area contributed by atoms with E-state index in [1.54, 1.807) is 25.3 Å². The Morgan fingerprint density at radius 1 is 0.978 bits per heavy atom. The van der Waals surface area contributed by atoms with E-state index in [4.69, 9.17) is 9.47 Å². The minimum absolute atomic E-state index is 0.109. The Kier molecular flexibility index (Phi) is 10.3. The Bertz CT molecular complexity index is 1470. The number of esters is 2. The van der Waals surface area contributed by atoms with Gasteiger partial charge in [0.2, 0.25) is 6.79 Å². The second-order valence-electron chi connectivity index (χ2n) is 12.0. The SMILES string of the molecule is Cc1cc(Nc2cc(C(F)F)ccn2)nc(-c2ccc([C@](C)(O)[C@H]3CC[C@H](C(=O)OCOC(=O)C4CCNCC4)CC3)nc2)c1. The van der Waals surface area contributed by atoms with Crippen molar-refractivity contribution >= 4 is 23.6 Å². The molecule has 0 spiro atoms. The van der Waals surface area contributed by atoms with Crippen molar-refractivity contribution in [3.8, 4) is 11.3 Å². The number of pyridine rings is 3. The van der Waals surface area contributed by atoms with Crippen LogP contribution in [0.4, 0.5) is 20.4 Å². The third kappa shape index (κ3) is 8.17. The molecule has 4 heterocycles. The Morgan fingerprint density at radius 3 is 2.31 bits per heavy atom. The zero-order chi connectivity index (χ0) is 32.0. The number of halogens is 2. The Labute approximate surface area is 261 Å². The molecular weight excluding hydrogens is 584 g/mol. The summed E-state index contributed by atoms with van der Waals surface area (Å²) in [6, 6.07) is 9.85. The number of aryl methyl sites for hydroxylation is 1. The lowest BCUT2D eigenvalue weighted by Crippen LogP contribution is -2.37. The summed E-state index contributed by atoms with van der Waals surface area (Å²) in [5.41, 5.74) is 1.42. The fourth-order valence-electron chi connectivity index (χ4n) is 6.05. The van der Waals surface area contributed by atoms with E-state index >= 15 is 0 Å². The maximum atomic E-state index is 13.1. The molecule has 240 valence electrons. The normalized spacial score (nSPS) is 20.3. The maximum absolute atomic E-state index is 13.1. The van der Waals surface area contributed by atoms with Gasteiger partial charge >= 0.3 is 11.9 Å². The standard InChI is InChI=1S/C33H39F2N5O5/c1-20-15-26(39-29(16-20)40-28-17-23(30(34)35)11-14-37-28)24-5-8-27(38-18-24)33(2,43)25-6-3-21(4-7-25)31(41)44-19-45-32(42)22-9-12-36-13-10-22/h5,8,11,14-18,21-22,25,30,36,43H,3-4,6-7,9-10,12-13,19H2,1-2H3,(H,37,39,40)/t21-,25-,33-/m1/s1. The van der Waals surface area contributed by atoms with Crippen LogP contribution in [0.3, 0.4) is 0 Å². The molecule has 1 atom stereocenters. The van der Waals surface area contributed by atoms with Gasteiger partial charge in [-0.3, -0.25) is 14.6 Å². The van der Waals surface area contributed by atoms with Gasteiger partial charge in [-0.2, -0.15) is 0 Å². The van der Waals surface area contributed by atoms with Crippen LogP contribution in [0.1, 0.15) is 68.7 Å². The summed E-state index contributed by atoms with van der Waals surface area (Å²) in [5, 5.41) is 17.7. The number of alkyl halides is 2. The van der Waals surface area contributed by atoms with E-state index in [1.165, 1.54) is 18.3 Å². The van der Waals surface area contributed by atoms with Gasteiger partial charge in [0.1, 0.15) is 17.2 Å². The van der Waals surface area contributed by atoms with Gasteiger partial charge in [-0.05, 0) is 113 Å². The third-order valence-corrected chi connectivity index (χ3v) is 8.77. The molecule has 12 heteroatoms. The smallest absolute Gasteiger partial charge is 0.311 e. The number of anilines is 2. The number of aliphatic hydroxyl groups is 1. The van der Waals surface area contributed by atoms with E-state index in [0.29, 0.717) is 42.9 Å². The van der Waals surface area contributed by atoms with Gasteiger partial charge in [0.15, 0.2) is 0 Å². The molecule has 0 bridgehead atoms. The summed E-state index contributed by atoms with van der Waals surface area (Å²) in [4.78, 5) is 38.1. The molecule has 0 aromatic carbocycles. The van der Waals surface area contributed by atoms with Crippen LogP contribution in [0.25, 0.3) is 11.3 Å². The molecule has 3 N–H and O–H groups in total. The zero-order valence-electron chi connectivity index (χ0n) is 25.5. The van der Waals surface area contributed by atoms with Gasteiger partial charge in [0, 0.05) is 23.5 Å². The molecule has 3 aromatic rings. The second-order valence-corrected chi connectivity index (χ2v) is 12.0. The van der Waals surface area contributed by atoms with Gasteiger partial charge in [0.05, 0.1) is 23.2 Å². The number of nitrogens with zero attached hydrogens (tertiary/aromatic N) is 3. The monoisotopic (exact) mass is 623 g/mol. The molecular formula is C33H39F2N5O5. The number of ether oxygens (including phenoxy) is 2. The fraction of sp³-hybridized carbons (Fsp3) is 0.485. The minimum atomic E-state index is -2.60. The highest BCUT2D eigenvalue weighted by atomic mass is 19.3. The van der Waals surface area contributed by atoms with Gasteiger partial charge in [0.25, 0.3) is 6.43 Å². The Balaban J connectivity index is 1.15. The molecule has 3 aromatic heterocycles. The highest BCUT2D eigenvalue weighted by Crippen LogP contribution is 2.41. The van der Waals surface area contributed by atoms with Crippen LogP contribution in [0.5, 0.6) is 0 Å². The number of aromatic nitrogens is 3. The zero-order valence-corrected chi connectivity index (χ0v) is 25.5. The molecule has 1 saturated heterocycles. The Morgan fingerprint density at radius 2 is 1.67 bits per heavy atom. The van der Waals surface area contributed by atoms with Crippen LogP contribution in [-0.2, 0) is 24.7 Å². The highest BCUT2D eigenvalue weighted by molar-refractivity contribution is 5.74. The second kappa shape index (κ2) is 14.4. The van der Waals surface area contributed by atoms with Crippen LogP contribution in [-0.4, -0.2) is 51.9 Å². The summed E-state index contributed by atoms with van der Waals surface area (Å²) in [6.07, 6.45) is 4.14. The molecule has 1 saturated carbocycles. The van der Waals surface area contributed by atoms with Crippen molar-refractivity contribution in [2.45, 2.75) is 64.4 Å². The molecule has 45 heavy (non-hydrogen) atoms. The lowest BCUT2D eigenvalue weighted by molar-refractivity contribution is -0.174. The first-order valence-corrected chi connectivity index (χ1v) is 15.3. The predicted octanol–water partition coefficient (Wildman–Crippen LogP) is 5.59. The minimum Gasteiger partial charge on any atom is -0.428 e. The van der Waals surface area contributed by atoms with Crippen molar-refractivity contribution in [1.82, 2.24) is 20.3 Å². The molecule has 2 aliphatic rings. The first kappa shape index (κ1) is 32.4. The van der Waals surface area contributed by atoms with Crippen LogP contribution in [0.2, 0.25) is 0 Å². The molecule has 0 radical (unpaired) electrons. The number of carbonyl (C=O) groups is 2. The molecule has 1 aliphatic heterocycles. The molecule has 0 amide bonds. The van der Waals surface area contributed by atoms with Crippen molar-refractivity contribution < 1.29 is 33.0 Å². The first-order valence-electron chi connectivity index (χ1n) is 15.3. The van der Waals surface area contributed by atoms with Crippen LogP contribution >= 0.6 is 0 Å². The largest absolute Gasteiger partial charge is 0.428 e. The molecule has 10 nitrogen and oxygen atoms in total. The predicted molar refractivity (Wildman–Crippen MR) is 162 cm³/mol. The number of carbonyl (C=O) groups excluding carboxylic acids is 2. The number of piperidine rings is 1. The van der Waals surface area contributed by atoms with E-state index in [0.717, 1.165) is 37.1 Å². The van der Waals surface area contributed by atoms with Crippen molar-refractivity contribution in [2.24, 2.45) is 17.8 Å². The topological polar surface area (TPSA) is 136 Å². The maximum Gasteiger partial charge on any atom is 0.311 e. The number of hydrogen-bond donors (Lipinski definition) is 3. The summed E-state index contributed by atoms with van der Waals surface area (Å²) in [5.74, 6) is -0.569. The average molecular weight is 624 g/mol. The fourth-order valence-corrected chi connectivity index (χ4v) is 6.05. The lowest BCUT2D eigenvalue weighted by Gasteiger charge is -2.37. The number of hydrogen-bond acceptors (Lipinski definition) is 10.